The zero-order chi connectivity index (χ0) is 18.6. The molecule has 2 rings (SSSR count). The maximum Gasteiger partial charge on any atom is 0.433 e. The number of para-hydroxylation sites is 1. The summed E-state index contributed by atoms with van der Waals surface area (Å²) in [4.78, 5) is 27.0. The molecule has 5 nitrogen and oxygen atoms in total. The highest BCUT2D eigenvalue weighted by Gasteiger charge is 2.32. The van der Waals surface area contributed by atoms with Crippen molar-refractivity contribution < 1.29 is 22.8 Å². The van der Waals surface area contributed by atoms with Gasteiger partial charge in [0.25, 0.3) is 5.91 Å². The van der Waals surface area contributed by atoms with E-state index in [4.69, 9.17) is 0 Å². The number of alkyl halides is 3. The number of aromatic nitrogens is 1. The lowest BCUT2D eigenvalue weighted by Crippen LogP contribution is -2.33. The summed E-state index contributed by atoms with van der Waals surface area (Å²) in [6.07, 6.45) is -3.75. The average molecular weight is 351 g/mol. The Kier molecular flexibility index (Phi) is 5.41. The van der Waals surface area contributed by atoms with Crippen LogP contribution in [0.4, 0.5) is 18.9 Å². The lowest BCUT2D eigenvalue weighted by molar-refractivity contribution is -0.141. The van der Waals surface area contributed by atoms with Crippen LogP contribution in [0.15, 0.2) is 36.5 Å². The number of anilines is 1. The molecule has 0 aliphatic carbocycles. The van der Waals surface area contributed by atoms with Gasteiger partial charge in [-0.2, -0.15) is 13.2 Å². The highest BCUT2D eigenvalue weighted by Crippen LogP contribution is 2.27. The number of hydrogen-bond donors (Lipinski definition) is 2. The van der Waals surface area contributed by atoms with Gasteiger partial charge in [-0.3, -0.25) is 14.6 Å². The minimum Gasteiger partial charge on any atom is -0.343 e. The Morgan fingerprint density at radius 1 is 1.08 bits per heavy atom. The van der Waals surface area contributed by atoms with Gasteiger partial charge in [-0.25, -0.2) is 0 Å². The Bertz CT molecular complexity index is 766. The SMILES string of the molecule is Cc1cccc(C)c1NC(=O)CNC(=O)c1ccc(C(F)(F)F)nc1. The van der Waals surface area contributed by atoms with Crippen LogP contribution in [0.5, 0.6) is 0 Å². The van der Waals surface area contributed by atoms with Crippen molar-refractivity contribution in [2.75, 3.05) is 11.9 Å². The highest BCUT2D eigenvalue weighted by atomic mass is 19.4. The van der Waals surface area contributed by atoms with Crippen LogP contribution in [0.3, 0.4) is 0 Å². The van der Waals surface area contributed by atoms with E-state index in [-0.39, 0.29) is 12.1 Å². The summed E-state index contributed by atoms with van der Waals surface area (Å²) in [6, 6.07) is 7.27. The Labute approximate surface area is 142 Å². The van der Waals surface area contributed by atoms with Gasteiger partial charge in [0.05, 0.1) is 12.1 Å². The third-order valence-electron chi connectivity index (χ3n) is 3.47. The molecule has 0 aliphatic heterocycles. The van der Waals surface area contributed by atoms with Crippen molar-refractivity contribution in [3.8, 4) is 0 Å². The maximum atomic E-state index is 12.4. The molecule has 8 heteroatoms. The molecule has 0 saturated heterocycles. The molecule has 0 spiro atoms. The Hall–Kier alpha value is -2.90. The zero-order valence-electron chi connectivity index (χ0n) is 13.6. The number of benzene rings is 1. The second kappa shape index (κ2) is 7.33. The molecule has 0 saturated carbocycles. The second-order valence-corrected chi connectivity index (χ2v) is 5.43. The summed E-state index contributed by atoms with van der Waals surface area (Å²) in [5, 5.41) is 5.04. The predicted molar refractivity (Wildman–Crippen MR) is 86.1 cm³/mol. The van der Waals surface area contributed by atoms with E-state index in [0.29, 0.717) is 11.8 Å². The topological polar surface area (TPSA) is 71.1 Å². The molecule has 1 aromatic carbocycles. The van der Waals surface area contributed by atoms with Crippen molar-refractivity contribution in [3.63, 3.8) is 0 Å². The van der Waals surface area contributed by atoms with Crippen LogP contribution < -0.4 is 10.6 Å². The van der Waals surface area contributed by atoms with Crippen LogP contribution in [0, 0.1) is 13.8 Å². The Morgan fingerprint density at radius 3 is 2.24 bits per heavy atom. The predicted octanol–water partition coefficient (Wildman–Crippen LogP) is 3.09. The highest BCUT2D eigenvalue weighted by molar-refractivity contribution is 5.99. The molecule has 2 N–H and O–H groups in total. The largest absolute Gasteiger partial charge is 0.433 e. The Balaban J connectivity index is 1.94. The van der Waals surface area contributed by atoms with E-state index in [1.807, 2.05) is 32.0 Å². The van der Waals surface area contributed by atoms with Gasteiger partial charge >= 0.3 is 6.18 Å². The molecule has 0 bridgehead atoms. The number of rotatable bonds is 4. The molecule has 2 aromatic rings. The van der Waals surface area contributed by atoms with Crippen LogP contribution in [-0.4, -0.2) is 23.3 Å². The van der Waals surface area contributed by atoms with Gasteiger partial charge in [-0.15, -0.1) is 0 Å². The van der Waals surface area contributed by atoms with Crippen LogP contribution >= 0.6 is 0 Å². The van der Waals surface area contributed by atoms with Gasteiger partial charge in [-0.05, 0) is 37.1 Å². The van der Waals surface area contributed by atoms with Crippen LogP contribution in [0.1, 0.15) is 27.2 Å². The molecule has 132 valence electrons. The quantitative estimate of drug-likeness (QED) is 0.889. The molecule has 25 heavy (non-hydrogen) atoms. The van der Waals surface area contributed by atoms with Crippen LogP contribution in [0.25, 0.3) is 0 Å². The summed E-state index contributed by atoms with van der Waals surface area (Å²) in [7, 11) is 0. The fourth-order valence-corrected chi connectivity index (χ4v) is 2.15. The summed E-state index contributed by atoms with van der Waals surface area (Å²) < 4.78 is 37.3. The van der Waals surface area contributed by atoms with E-state index in [1.165, 1.54) is 0 Å². The minimum absolute atomic E-state index is 0.0622. The van der Waals surface area contributed by atoms with Crippen molar-refractivity contribution in [3.05, 3.63) is 58.9 Å². The molecule has 0 radical (unpaired) electrons. The summed E-state index contributed by atoms with van der Waals surface area (Å²) >= 11 is 0. The summed E-state index contributed by atoms with van der Waals surface area (Å²) in [5.74, 6) is -1.12. The third kappa shape index (κ3) is 4.79. The first-order chi connectivity index (χ1) is 11.7. The standard InChI is InChI=1S/C17H16F3N3O2/c1-10-4-3-5-11(2)15(10)23-14(24)9-22-16(25)12-6-7-13(21-8-12)17(18,19)20/h3-8H,9H2,1-2H3,(H,22,25)(H,23,24). The smallest absolute Gasteiger partial charge is 0.343 e. The average Bonchev–Trinajstić information content (AvgIpc) is 2.55. The van der Waals surface area contributed by atoms with E-state index in [9.17, 15) is 22.8 Å². The maximum absolute atomic E-state index is 12.4. The number of aryl methyl sites for hydroxylation is 2. The number of hydrogen-bond acceptors (Lipinski definition) is 3. The molecular weight excluding hydrogens is 335 g/mol. The molecule has 0 aliphatic rings. The van der Waals surface area contributed by atoms with Crippen LogP contribution in [-0.2, 0) is 11.0 Å². The number of carbonyl (C=O) groups excluding carboxylic acids is 2. The molecule has 1 aromatic heterocycles. The zero-order valence-corrected chi connectivity index (χ0v) is 13.6. The molecule has 0 fully saturated rings. The number of nitrogens with one attached hydrogen (secondary N) is 2. The van der Waals surface area contributed by atoms with Gasteiger partial charge in [0.2, 0.25) is 5.91 Å². The monoisotopic (exact) mass is 351 g/mol. The van der Waals surface area contributed by atoms with Crippen LogP contribution in [0.2, 0.25) is 0 Å². The van der Waals surface area contributed by atoms with Crippen molar-refractivity contribution in [1.82, 2.24) is 10.3 Å². The third-order valence-corrected chi connectivity index (χ3v) is 3.47. The fraction of sp³-hybridized carbons (Fsp3) is 0.235. The number of halogens is 3. The number of carbonyl (C=O) groups is 2. The lowest BCUT2D eigenvalue weighted by Gasteiger charge is -2.12. The normalized spacial score (nSPS) is 11.1. The molecule has 1 heterocycles. The molecular formula is C17H16F3N3O2. The number of pyridine rings is 1. The van der Waals surface area contributed by atoms with Crippen molar-refractivity contribution >= 4 is 17.5 Å². The van der Waals surface area contributed by atoms with Gasteiger partial charge in [0.15, 0.2) is 0 Å². The van der Waals surface area contributed by atoms with E-state index in [1.54, 1.807) is 0 Å². The summed E-state index contributed by atoms with van der Waals surface area (Å²) in [5.41, 5.74) is 1.28. The fourth-order valence-electron chi connectivity index (χ4n) is 2.15. The first-order valence-electron chi connectivity index (χ1n) is 7.36. The summed E-state index contributed by atoms with van der Waals surface area (Å²) in [6.45, 7) is 3.37. The molecule has 2 amide bonds. The number of amides is 2. The van der Waals surface area contributed by atoms with Crippen molar-refractivity contribution in [1.29, 1.82) is 0 Å². The van der Waals surface area contributed by atoms with Gasteiger partial charge in [0.1, 0.15) is 5.69 Å². The molecule has 0 atom stereocenters. The lowest BCUT2D eigenvalue weighted by atomic mass is 10.1. The molecule has 0 unspecified atom stereocenters. The van der Waals surface area contributed by atoms with Gasteiger partial charge < -0.3 is 10.6 Å². The van der Waals surface area contributed by atoms with Gasteiger partial charge in [-0.1, -0.05) is 18.2 Å². The second-order valence-electron chi connectivity index (χ2n) is 5.43. The minimum atomic E-state index is -4.57. The van der Waals surface area contributed by atoms with E-state index in [2.05, 4.69) is 15.6 Å². The Morgan fingerprint density at radius 2 is 1.72 bits per heavy atom. The number of nitrogens with zero attached hydrogens (tertiary/aromatic N) is 1. The van der Waals surface area contributed by atoms with Crippen molar-refractivity contribution in [2.45, 2.75) is 20.0 Å². The first kappa shape index (κ1) is 18.4. The van der Waals surface area contributed by atoms with E-state index >= 15 is 0 Å². The van der Waals surface area contributed by atoms with E-state index < -0.39 is 23.7 Å². The van der Waals surface area contributed by atoms with E-state index in [0.717, 1.165) is 23.4 Å². The van der Waals surface area contributed by atoms with Crippen molar-refractivity contribution in [2.24, 2.45) is 0 Å². The first-order valence-corrected chi connectivity index (χ1v) is 7.36. The van der Waals surface area contributed by atoms with Gasteiger partial charge in [0, 0.05) is 11.9 Å².